The Morgan fingerprint density at radius 1 is 0.500 bits per heavy atom. The number of hydrogen-bond acceptors (Lipinski definition) is 0. The second-order valence-electron chi connectivity index (χ2n) is 6.86. The fraction of sp³-hybridized carbons (Fsp3) is 1.00. The van der Waals surface area contributed by atoms with E-state index in [4.69, 9.17) is 0 Å². The summed E-state index contributed by atoms with van der Waals surface area (Å²) in [5.74, 6) is 0. The van der Waals surface area contributed by atoms with Gasteiger partial charge in [-0.3, -0.25) is 0 Å². The number of halogens is 1. The summed E-state index contributed by atoms with van der Waals surface area (Å²) < 4.78 is 0. The molecule has 0 aliphatic rings. The van der Waals surface area contributed by atoms with Gasteiger partial charge in [0.25, 0.3) is 0 Å². The van der Waals surface area contributed by atoms with Crippen molar-refractivity contribution < 1.29 is 0 Å². The van der Waals surface area contributed by atoms with Gasteiger partial charge in [-0.25, -0.2) is 0 Å². The summed E-state index contributed by atoms with van der Waals surface area (Å²) >= 11 is 0. The van der Waals surface area contributed by atoms with Crippen LogP contribution in [0.5, 0.6) is 0 Å². The van der Waals surface area contributed by atoms with Crippen molar-refractivity contribution in [2.75, 3.05) is 30.8 Å². The average molecular weight is 369 g/mol. The first-order chi connectivity index (χ1) is 9.12. The van der Waals surface area contributed by atoms with E-state index in [0.29, 0.717) is 0 Å². The second-order valence-corrected chi connectivity index (χ2v) is 13.8. The number of rotatable bonds is 13. The van der Waals surface area contributed by atoms with Crippen LogP contribution in [-0.4, -0.2) is 30.8 Å². The minimum atomic E-state index is -1.39. The van der Waals surface area contributed by atoms with E-state index in [2.05, 4.69) is 34.6 Å². The van der Waals surface area contributed by atoms with Crippen LogP contribution in [0.2, 0.25) is 0 Å². The van der Waals surface area contributed by atoms with Gasteiger partial charge in [0, 0.05) is 0 Å². The van der Waals surface area contributed by atoms with Gasteiger partial charge in [0.1, 0.15) is 0 Å². The Kier molecular flexibility index (Phi) is 14.4. The number of unbranched alkanes of at least 4 members (excludes halogenated alkanes) is 4. The Morgan fingerprint density at radius 3 is 0.900 bits per heavy atom. The minimum absolute atomic E-state index is 0. The van der Waals surface area contributed by atoms with E-state index in [1.54, 1.807) is 24.6 Å². The monoisotopic (exact) mass is 368 g/mol. The molecule has 2 heteroatoms. The molecule has 0 spiro atoms. The molecule has 126 valence electrons. The summed E-state index contributed by atoms with van der Waals surface area (Å²) in [7, 11) is 0. The zero-order valence-corrected chi connectivity index (χ0v) is 17.7. The zero-order valence-electron chi connectivity index (χ0n) is 15.0. The molecule has 0 unspecified atom stereocenters. The van der Waals surface area contributed by atoms with Crippen molar-refractivity contribution in [3.8, 4) is 0 Å². The summed E-state index contributed by atoms with van der Waals surface area (Å²) in [5.41, 5.74) is 0. The first kappa shape index (κ1) is 23.2. The third kappa shape index (κ3) is 7.26. The molecule has 0 atom stereocenters. The van der Waals surface area contributed by atoms with Crippen molar-refractivity contribution in [2.45, 2.75) is 86.0 Å². The molecule has 0 radical (unpaired) electrons. The SMILES string of the molecule is Br.CCCCP(CC)(CCCC)(CCCC)CCCC. The molecule has 0 fully saturated rings. The quantitative estimate of drug-likeness (QED) is 0.298. The Labute approximate surface area is 140 Å². The molecule has 0 N–H and O–H groups in total. The molecular weight excluding hydrogens is 327 g/mol. The van der Waals surface area contributed by atoms with E-state index >= 15 is 0 Å². The maximum atomic E-state index is 2.54. The predicted molar refractivity (Wildman–Crippen MR) is 107 cm³/mol. The van der Waals surface area contributed by atoms with Crippen LogP contribution in [0.15, 0.2) is 0 Å². The van der Waals surface area contributed by atoms with Gasteiger partial charge in [0.2, 0.25) is 0 Å². The van der Waals surface area contributed by atoms with Gasteiger partial charge in [-0.05, 0) is 0 Å². The molecule has 0 aromatic rings. The summed E-state index contributed by atoms with van der Waals surface area (Å²) in [6, 6.07) is 0. The van der Waals surface area contributed by atoms with Gasteiger partial charge in [0.15, 0.2) is 0 Å². The molecule has 0 saturated heterocycles. The molecule has 0 saturated carbocycles. The van der Waals surface area contributed by atoms with Crippen LogP contribution in [0.1, 0.15) is 86.0 Å². The molecule has 0 rings (SSSR count). The molecular formula is C18H42BrP. The van der Waals surface area contributed by atoms with Crippen molar-refractivity contribution in [3.05, 3.63) is 0 Å². The molecule has 0 aliphatic carbocycles. The van der Waals surface area contributed by atoms with Crippen LogP contribution in [0, 0.1) is 0 Å². The van der Waals surface area contributed by atoms with Gasteiger partial charge in [-0.15, -0.1) is 17.0 Å². The van der Waals surface area contributed by atoms with Gasteiger partial charge < -0.3 is 0 Å². The van der Waals surface area contributed by atoms with E-state index in [9.17, 15) is 0 Å². The van der Waals surface area contributed by atoms with Gasteiger partial charge in [0.05, 0.1) is 0 Å². The van der Waals surface area contributed by atoms with E-state index in [-0.39, 0.29) is 17.0 Å². The van der Waals surface area contributed by atoms with Crippen LogP contribution in [0.4, 0.5) is 0 Å². The van der Waals surface area contributed by atoms with Crippen molar-refractivity contribution in [2.24, 2.45) is 0 Å². The Morgan fingerprint density at radius 2 is 0.750 bits per heavy atom. The third-order valence-corrected chi connectivity index (χ3v) is 13.6. The van der Waals surface area contributed by atoms with Crippen molar-refractivity contribution in [3.63, 3.8) is 0 Å². The molecule has 0 nitrogen and oxygen atoms in total. The third-order valence-electron chi connectivity index (χ3n) is 5.47. The van der Waals surface area contributed by atoms with Crippen LogP contribution in [-0.2, 0) is 0 Å². The van der Waals surface area contributed by atoms with Gasteiger partial charge in [-0.1, -0.05) is 0 Å². The van der Waals surface area contributed by atoms with E-state index < -0.39 is 6.60 Å². The maximum absolute atomic E-state index is 2.54. The molecule has 0 aliphatic heterocycles. The summed E-state index contributed by atoms with van der Waals surface area (Å²) in [6.07, 6.45) is 19.5. The van der Waals surface area contributed by atoms with Gasteiger partial charge in [-0.2, -0.15) is 0 Å². The normalized spacial score (nSPS) is 13.6. The van der Waals surface area contributed by atoms with Crippen LogP contribution in [0.25, 0.3) is 0 Å². The molecule has 0 heterocycles. The Hall–Kier alpha value is 0.910. The molecule has 20 heavy (non-hydrogen) atoms. The number of hydrogen-bond donors (Lipinski definition) is 0. The average Bonchev–Trinajstić information content (AvgIpc) is 2.47. The standard InChI is InChI=1S/C18H41P.BrH/c1-6-11-15-19(10-5,16-12-7-2,17-13-8-3)18-14-9-4;/h6-18H2,1-5H3;1H. The first-order valence-electron chi connectivity index (χ1n) is 9.12. The Bertz CT molecular complexity index is 172. The fourth-order valence-corrected chi connectivity index (χ4v) is 11.2. The van der Waals surface area contributed by atoms with Crippen molar-refractivity contribution in [1.82, 2.24) is 0 Å². The summed E-state index contributed by atoms with van der Waals surface area (Å²) in [5, 5.41) is 0. The summed E-state index contributed by atoms with van der Waals surface area (Å²) in [4.78, 5) is 0. The Balaban J connectivity index is 0. The van der Waals surface area contributed by atoms with Crippen LogP contribution in [0.3, 0.4) is 0 Å². The fourth-order valence-electron chi connectivity index (χ4n) is 3.72. The molecule has 0 amide bonds. The second kappa shape index (κ2) is 12.5. The molecule has 0 bridgehead atoms. The van der Waals surface area contributed by atoms with Gasteiger partial charge >= 0.3 is 123 Å². The first-order valence-corrected chi connectivity index (χ1v) is 12.3. The predicted octanol–water partition coefficient (Wildman–Crippen LogP) is 7.34. The van der Waals surface area contributed by atoms with E-state index in [0.717, 1.165) is 0 Å². The molecule has 0 aromatic carbocycles. The zero-order chi connectivity index (χ0) is 14.6. The summed E-state index contributed by atoms with van der Waals surface area (Å²) in [6.45, 7) is 10.7. The van der Waals surface area contributed by atoms with Crippen LogP contribution < -0.4 is 0 Å². The van der Waals surface area contributed by atoms with E-state index in [1.165, 1.54) is 57.5 Å². The van der Waals surface area contributed by atoms with E-state index in [1.807, 2.05) is 0 Å². The van der Waals surface area contributed by atoms with Crippen LogP contribution >= 0.6 is 23.6 Å². The molecule has 0 aromatic heterocycles. The van der Waals surface area contributed by atoms with Crippen molar-refractivity contribution in [1.29, 1.82) is 0 Å². The van der Waals surface area contributed by atoms with Crippen molar-refractivity contribution >= 4 is 23.6 Å². The topological polar surface area (TPSA) is 0 Å².